The molecule has 2 unspecified atom stereocenters. The molecule has 3 nitrogen and oxygen atoms in total. The number of benzene rings is 1. The van der Waals surface area contributed by atoms with E-state index in [1.807, 2.05) is 13.8 Å². The second kappa shape index (κ2) is 6.79. The van der Waals surface area contributed by atoms with Crippen molar-refractivity contribution in [2.45, 2.75) is 39.3 Å². The average Bonchev–Trinajstić information content (AvgIpc) is 2.38. The highest BCUT2D eigenvalue weighted by atomic mass is 19.2. The van der Waals surface area contributed by atoms with Gasteiger partial charge in [0.1, 0.15) is 0 Å². The molecule has 0 saturated carbocycles. The number of likely N-dealkylation sites (N-methyl/N-ethyl adjacent to an activating group) is 1. The highest BCUT2D eigenvalue weighted by Crippen LogP contribution is 2.22. The third-order valence-electron chi connectivity index (χ3n) is 3.40. The molecule has 1 aromatic rings. The Kier molecular flexibility index (Phi) is 5.62. The molecular weight excluding hydrogens is 262 g/mol. The van der Waals surface area contributed by atoms with Gasteiger partial charge in [-0.3, -0.25) is 4.79 Å². The molecule has 20 heavy (non-hydrogen) atoms. The van der Waals surface area contributed by atoms with Gasteiger partial charge in [-0.25, -0.2) is 8.78 Å². The van der Waals surface area contributed by atoms with Crippen molar-refractivity contribution in [2.24, 2.45) is 11.7 Å². The van der Waals surface area contributed by atoms with E-state index in [0.29, 0.717) is 17.9 Å². The van der Waals surface area contributed by atoms with Crippen LogP contribution in [0.25, 0.3) is 0 Å². The lowest BCUT2D eigenvalue weighted by atomic mass is 10.0. The van der Waals surface area contributed by atoms with Crippen molar-refractivity contribution < 1.29 is 13.6 Å². The van der Waals surface area contributed by atoms with Gasteiger partial charge in [-0.15, -0.1) is 0 Å². The Bertz CT molecular complexity index is 477. The number of halogens is 2. The second-order valence-corrected chi connectivity index (χ2v) is 5.53. The summed E-state index contributed by atoms with van der Waals surface area (Å²) < 4.78 is 26.1. The van der Waals surface area contributed by atoms with Crippen LogP contribution in [0.15, 0.2) is 18.2 Å². The largest absolute Gasteiger partial charge is 0.338 e. The number of rotatable bonds is 5. The SMILES string of the molecule is CC(C)CC(N)C(=O)N(C)C(C)c1ccc(F)c(F)c1. The van der Waals surface area contributed by atoms with Crippen molar-refractivity contribution in [1.82, 2.24) is 4.90 Å². The van der Waals surface area contributed by atoms with E-state index in [-0.39, 0.29) is 11.9 Å². The minimum atomic E-state index is -0.915. The maximum Gasteiger partial charge on any atom is 0.239 e. The average molecular weight is 284 g/mol. The molecule has 2 N–H and O–H groups in total. The van der Waals surface area contributed by atoms with Crippen LogP contribution in [0.5, 0.6) is 0 Å². The number of hydrogen-bond acceptors (Lipinski definition) is 2. The molecule has 1 rings (SSSR count). The summed E-state index contributed by atoms with van der Waals surface area (Å²) in [4.78, 5) is 13.7. The van der Waals surface area contributed by atoms with E-state index in [1.165, 1.54) is 11.0 Å². The molecule has 0 aliphatic rings. The molecule has 0 aliphatic heterocycles. The van der Waals surface area contributed by atoms with Crippen LogP contribution in [0.2, 0.25) is 0 Å². The monoisotopic (exact) mass is 284 g/mol. The third-order valence-corrected chi connectivity index (χ3v) is 3.40. The minimum Gasteiger partial charge on any atom is -0.338 e. The van der Waals surface area contributed by atoms with Gasteiger partial charge in [0, 0.05) is 7.05 Å². The topological polar surface area (TPSA) is 46.3 Å². The number of nitrogens with two attached hydrogens (primary N) is 1. The molecule has 0 radical (unpaired) electrons. The van der Waals surface area contributed by atoms with Gasteiger partial charge in [0.05, 0.1) is 12.1 Å². The van der Waals surface area contributed by atoms with E-state index in [1.54, 1.807) is 14.0 Å². The maximum absolute atomic E-state index is 13.2. The predicted octanol–water partition coefficient (Wildman–Crippen LogP) is 2.86. The second-order valence-electron chi connectivity index (χ2n) is 5.53. The molecule has 1 aromatic carbocycles. The number of amides is 1. The van der Waals surface area contributed by atoms with Gasteiger partial charge in [0.2, 0.25) is 5.91 Å². The van der Waals surface area contributed by atoms with Crippen LogP contribution in [0, 0.1) is 17.6 Å². The lowest BCUT2D eigenvalue weighted by Gasteiger charge is -2.28. The molecule has 0 aromatic heterocycles. The normalized spacial score (nSPS) is 14.2. The van der Waals surface area contributed by atoms with Gasteiger partial charge in [-0.1, -0.05) is 19.9 Å². The summed E-state index contributed by atoms with van der Waals surface area (Å²) in [5, 5.41) is 0. The molecule has 0 fully saturated rings. The van der Waals surface area contributed by atoms with Crippen molar-refractivity contribution in [3.05, 3.63) is 35.4 Å². The van der Waals surface area contributed by atoms with E-state index >= 15 is 0 Å². The molecule has 1 amide bonds. The fraction of sp³-hybridized carbons (Fsp3) is 0.533. The van der Waals surface area contributed by atoms with Crippen molar-refractivity contribution in [3.63, 3.8) is 0 Å². The summed E-state index contributed by atoms with van der Waals surface area (Å²) in [6, 6.07) is 2.70. The van der Waals surface area contributed by atoms with E-state index in [0.717, 1.165) is 12.1 Å². The summed E-state index contributed by atoms with van der Waals surface area (Å²) in [5.41, 5.74) is 6.40. The quantitative estimate of drug-likeness (QED) is 0.903. The van der Waals surface area contributed by atoms with Gasteiger partial charge < -0.3 is 10.6 Å². The predicted molar refractivity (Wildman–Crippen MR) is 75.0 cm³/mol. The van der Waals surface area contributed by atoms with Gasteiger partial charge in [-0.05, 0) is 37.0 Å². The minimum absolute atomic E-state index is 0.198. The van der Waals surface area contributed by atoms with Crippen LogP contribution in [-0.4, -0.2) is 23.9 Å². The van der Waals surface area contributed by atoms with Crippen LogP contribution in [-0.2, 0) is 4.79 Å². The highest BCUT2D eigenvalue weighted by Gasteiger charge is 2.24. The Morgan fingerprint density at radius 1 is 1.25 bits per heavy atom. The van der Waals surface area contributed by atoms with E-state index in [4.69, 9.17) is 5.73 Å². The summed E-state index contributed by atoms with van der Waals surface area (Å²) >= 11 is 0. The zero-order valence-corrected chi connectivity index (χ0v) is 12.4. The first kappa shape index (κ1) is 16.6. The lowest BCUT2D eigenvalue weighted by Crippen LogP contribution is -2.43. The molecule has 112 valence electrons. The summed E-state index contributed by atoms with van der Waals surface area (Å²) in [6.07, 6.45) is 0.591. The first-order chi connectivity index (χ1) is 9.23. The summed E-state index contributed by atoms with van der Waals surface area (Å²) in [5.74, 6) is -1.69. The fourth-order valence-corrected chi connectivity index (χ4v) is 2.06. The highest BCUT2D eigenvalue weighted by molar-refractivity contribution is 5.81. The standard InChI is InChI=1S/C15H22F2N2O/c1-9(2)7-14(18)15(20)19(4)10(3)11-5-6-12(16)13(17)8-11/h5-6,8-10,14H,7,18H2,1-4H3. The van der Waals surface area contributed by atoms with Gasteiger partial charge >= 0.3 is 0 Å². The lowest BCUT2D eigenvalue weighted by molar-refractivity contribution is -0.133. The molecule has 0 spiro atoms. The van der Waals surface area contributed by atoms with Crippen molar-refractivity contribution >= 4 is 5.91 Å². The van der Waals surface area contributed by atoms with E-state index < -0.39 is 17.7 Å². The Balaban J connectivity index is 2.82. The summed E-state index contributed by atoms with van der Waals surface area (Å²) in [6.45, 7) is 5.74. The molecule has 2 atom stereocenters. The van der Waals surface area contributed by atoms with Gasteiger partial charge in [0.15, 0.2) is 11.6 Å². The van der Waals surface area contributed by atoms with E-state index in [2.05, 4.69) is 0 Å². The van der Waals surface area contributed by atoms with Crippen LogP contribution >= 0.6 is 0 Å². The van der Waals surface area contributed by atoms with Gasteiger partial charge in [0.25, 0.3) is 0 Å². The molecule has 0 bridgehead atoms. The van der Waals surface area contributed by atoms with Crippen molar-refractivity contribution in [2.75, 3.05) is 7.05 Å². The first-order valence-corrected chi connectivity index (χ1v) is 6.71. The van der Waals surface area contributed by atoms with Gasteiger partial charge in [-0.2, -0.15) is 0 Å². The number of carbonyl (C=O) groups excluding carboxylic acids is 1. The molecule has 0 saturated heterocycles. The van der Waals surface area contributed by atoms with E-state index in [9.17, 15) is 13.6 Å². The van der Waals surface area contributed by atoms with Crippen LogP contribution in [0.4, 0.5) is 8.78 Å². The molecule has 0 aliphatic carbocycles. The molecule has 5 heteroatoms. The molecular formula is C15H22F2N2O. The van der Waals surface area contributed by atoms with Crippen molar-refractivity contribution in [1.29, 1.82) is 0 Å². The number of hydrogen-bond donors (Lipinski definition) is 1. The maximum atomic E-state index is 13.2. The Labute approximate surface area is 118 Å². The number of nitrogens with zero attached hydrogens (tertiary/aromatic N) is 1. The smallest absolute Gasteiger partial charge is 0.239 e. The zero-order chi connectivity index (χ0) is 15.4. The number of carbonyl (C=O) groups is 1. The summed E-state index contributed by atoms with van der Waals surface area (Å²) in [7, 11) is 1.62. The first-order valence-electron chi connectivity index (χ1n) is 6.71. The Morgan fingerprint density at radius 2 is 1.85 bits per heavy atom. The third kappa shape index (κ3) is 4.00. The Morgan fingerprint density at radius 3 is 2.35 bits per heavy atom. The zero-order valence-electron chi connectivity index (χ0n) is 12.4. The van der Waals surface area contributed by atoms with Crippen LogP contribution in [0.3, 0.4) is 0 Å². The molecule has 0 heterocycles. The van der Waals surface area contributed by atoms with Crippen LogP contribution in [0.1, 0.15) is 38.8 Å². The van der Waals surface area contributed by atoms with Crippen LogP contribution < -0.4 is 5.73 Å². The van der Waals surface area contributed by atoms with Crippen molar-refractivity contribution in [3.8, 4) is 0 Å². The Hall–Kier alpha value is -1.49. The fourth-order valence-electron chi connectivity index (χ4n) is 2.06.